The van der Waals surface area contributed by atoms with Crippen molar-refractivity contribution in [2.24, 2.45) is 11.8 Å². The summed E-state index contributed by atoms with van der Waals surface area (Å²) in [4.78, 5) is 5.49. The van der Waals surface area contributed by atoms with Crippen LogP contribution in [0.3, 0.4) is 0 Å². The summed E-state index contributed by atoms with van der Waals surface area (Å²) in [5, 5.41) is 0. The molecule has 2 saturated heterocycles. The minimum absolute atomic E-state index is 0.729. The van der Waals surface area contributed by atoms with E-state index in [1.165, 1.54) is 51.9 Å². The molecule has 0 aromatic heterocycles. The van der Waals surface area contributed by atoms with Gasteiger partial charge in [0.15, 0.2) is 0 Å². The zero-order chi connectivity index (χ0) is 11.9. The van der Waals surface area contributed by atoms with E-state index in [1.807, 2.05) is 0 Å². The quantitative estimate of drug-likeness (QED) is 0.740. The van der Waals surface area contributed by atoms with Gasteiger partial charge in [-0.15, -0.1) is 0 Å². The van der Waals surface area contributed by atoms with E-state index in [1.54, 1.807) is 6.42 Å². The van der Waals surface area contributed by atoms with Crippen LogP contribution in [0.2, 0.25) is 0 Å². The van der Waals surface area contributed by atoms with Gasteiger partial charge in [-0.25, -0.2) is 0 Å². The highest BCUT2D eigenvalue weighted by Crippen LogP contribution is 2.46. The zero-order valence-corrected chi connectivity index (χ0v) is 11.4. The Morgan fingerprint density at radius 2 is 1.67 bits per heavy atom. The molecule has 18 heavy (non-hydrogen) atoms. The molecule has 2 aliphatic heterocycles. The lowest BCUT2D eigenvalue weighted by Crippen LogP contribution is -2.54. The first-order valence-electron chi connectivity index (χ1n) is 7.96. The number of hydrogen-bond acceptors (Lipinski definition) is 3. The standard InChI is InChI=1S/C15H26N2O/c1-2-13-9-12(1)10-15(13)17-6-4-16(5-7-17)14-3-8-18-11-14/h12-15H,1-11H2/t12-,13-,14-,15-/m0/s1. The molecule has 2 saturated carbocycles. The van der Waals surface area contributed by atoms with Crippen LogP contribution in [0.5, 0.6) is 0 Å². The zero-order valence-electron chi connectivity index (χ0n) is 11.4. The Kier molecular flexibility index (Phi) is 3.10. The van der Waals surface area contributed by atoms with Gasteiger partial charge in [0.2, 0.25) is 0 Å². The molecule has 2 heterocycles. The fourth-order valence-electron chi connectivity index (χ4n) is 4.90. The molecule has 0 amide bonds. The Balaban J connectivity index is 1.32. The number of piperazine rings is 1. The van der Waals surface area contributed by atoms with Gasteiger partial charge in [-0.2, -0.15) is 0 Å². The van der Waals surface area contributed by atoms with Crippen LogP contribution in [-0.4, -0.2) is 61.3 Å². The van der Waals surface area contributed by atoms with E-state index in [4.69, 9.17) is 4.74 Å². The molecule has 0 unspecified atom stereocenters. The highest BCUT2D eigenvalue weighted by molar-refractivity contribution is 4.96. The van der Waals surface area contributed by atoms with Crippen molar-refractivity contribution in [3.8, 4) is 0 Å². The molecular formula is C15H26N2O. The average molecular weight is 250 g/mol. The minimum atomic E-state index is 0.729. The van der Waals surface area contributed by atoms with E-state index in [-0.39, 0.29) is 0 Å². The van der Waals surface area contributed by atoms with Crippen molar-refractivity contribution in [2.75, 3.05) is 39.4 Å². The third-order valence-corrected chi connectivity index (χ3v) is 5.94. The van der Waals surface area contributed by atoms with Gasteiger partial charge in [0, 0.05) is 44.9 Å². The van der Waals surface area contributed by atoms with Crippen molar-refractivity contribution in [1.29, 1.82) is 0 Å². The molecule has 3 nitrogen and oxygen atoms in total. The lowest BCUT2D eigenvalue weighted by Gasteiger charge is -2.42. The highest BCUT2D eigenvalue weighted by atomic mass is 16.5. The maximum Gasteiger partial charge on any atom is 0.0622 e. The lowest BCUT2D eigenvalue weighted by molar-refractivity contribution is 0.0463. The first-order valence-corrected chi connectivity index (χ1v) is 7.96. The largest absolute Gasteiger partial charge is 0.380 e. The van der Waals surface area contributed by atoms with Gasteiger partial charge >= 0.3 is 0 Å². The molecule has 4 atom stereocenters. The van der Waals surface area contributed by atoms with E-state index in [0.29, 0.717) is 0 Å². The van der Waals surface area contributed by atoms with Gasteiger partial charge in [0.1, 0.15) is 0 Å². The third-order valence-electron chi connectivity index (χ3n) is 5.94. The normalized spacial score (nSPS) is 46.0. The number of rotatable bonds is 2. The molecule has 2 bridgehead atoms. The molecule has 0 aromatic rings. The fourth-order valence-corrected chi connectivity index (χ4v) is 4.90. The maximum absolute atomic E-state index is 5.52. The Labute approximate surface area is 110 Å². The molecule has 0 aromatic carbocycles. The summed E-state index contributed by atoms with van der Waals surface area (Å²) in [6.45, 7) is 7.14. The van der Waals surface area contributed by atoms with Crippen LogP contribution in [0.15, 0.2) is 0 Å². The van der Waals surface area contributed by atoms with Crippen LogP contribution in [0.1, 0.15) is 32.1 Å². The Bertz CT molecular complexity index is 295. The van der Waals surface area contributed by atoms with Gasteiger partial charge in [-0.3, -0.25) is 9.80 Å². The average Bonchev–Trinajstić information content (AvgIpc) is 3.16. The predicted octanol–water partition coefficient (Wildman–Crippen LogP) is 1.58. The van der Waals surface area contributed by atoms with E-state index < -0.39 is 0 Å². The monoisotopic (exact) mass is 250 g/mol. The summed E-state index contributed by atoms with van der Waals surface area (Å²) in [5.41, 5.74) is 0. The minimum Gasteiger partial charge on any atom is -0.380 e. The van der Waals surface area contributed by atoms with E-state index in [2.05, 4.69) is 9.80 Å². The summed E-state index contributed by atoms with van der Waals surface area (Å²) < 4.78 is 5.52. The van der Waals surface area contributed by atoms with Crippen LogP contribution in [-0.2, 0) is 4.74 Å². The maximum atomic E-state index is 5.52. The van der Waals surface area contributed by atoms with Crippen LogP contribution < -0.4 is 0 Å². The highest BCUT2D eigenvalue weighted by Gasteiger charge is 2.43. The third kappa shape index (κ3) is 2.00. The van der Waals surface area contributed by atoms with Gasteiger partial charge < -0.3 is 4.74 Å². The summed E-state index contributed by atoms with van der Waals surface area (Å²) >= 11 is 0. The Morgan fingerprint density at radius 1 is 0.833 bits per heavy atom. The van der Waals surface area contributed by atoms with Crippen LogP contribution in [0.4, 0.5) is 0 Å². The molecule has 0 radical (unpaired) electrons. The van der Waals surface area contributed by atoms with Gasteiger partial charge in [-0.05, 0) is 37.5 Å². The first-order chi connectivity index (χ1) is 8.90. The molecule has 0 N–H and O–H groups in total. The topological polar surface area (TPSA) is 15.7 Å². The number of ether oxygens (including phenoxy) is 1. The Morgan fingerprint density at radius 3 is 2.28 bits per heavy atom. The van der Waals surface area contributed by atoms with E-state index >= 15 is 0 Å². The number of hydrogen-bond donors (Lipinski definition) is 0. The van der Waals surface area contributed by atoms with E-state index in [0.717, 1.165) is 37.1 Å². The fraction of sp³-hybridized carbons (Fsp3) is 1.00. The number of fused-ring (bicyclic) bond motifs is 2. The second-order valence-corrected chi connectivity index (χ2v) is 6.83. The molecule has 0 spiro atoms. The first kappa shape index (κ1) is 11.7. The lowest BCUT2D eigenvalue weighted by atomic mass is 9.93. The Hall–Kier alpha value is -0.120. The molecule has 4 fully saturated rings. The SMILES string of the molecule is C1C[C@H](N2CCN([C@H]3C[C@H]4CC[C@H]3C4)CC2)CO1. The van der Waals surface area contributed by atoms with E-state index in [9.17, 15) is 0 Å². The second-order valence-electron chi connectivity index (χ2n) is 6.83. The summed E-state index contributed by atoms with van der Waals surface area (Å²) in [6.07, 6.45) is 7.36. The van der Waals surface area contributed by atoms with Crippen molar-refractivity contribution in [2.45, 2.75) is 44.2 Å². The second kappa shape index (κ2) is 4.77. The molecular weight excluding hydrogens is 224 g/mol. The van der Waals surface area contributed by atoms with Crippen molar-refractivity contribution in [3.05, 3.63) is 0 Å². The summed E-state index contributed by atoms with van der Waals surface area (Å²) in [7, 11) is 0. The predicted molar refractivity (Wildman–Crippen MR) is 71.6 cm³/mol. The number of nitrogens with zero attached hydrogens (tertiary/aromatic N) is 2. The van der Waals surface area contributed by atoms with Gasteiger partial charge in [-0.1, -0.05) is 6.42 Å². The van der Waals surface area contributed by atoms with Crippen molar-refractivity contribution in [1.82, 2.24) is 9.80 Å². The van der Waals surface area contributed by atoms with Gasteiger partial charge in [0.05, 0.1) is 6.61 Å². The van der Waals surface area contributed by atoms with Crippen LogP contribution >= 0.6 is 0 Å². The van der Waals surface area contributed by atoms with Gasteiger partial charge in [0.25, 0.3) is 0 Å². The molecule has 4 rings (SSSR count). The van der Waals surface area contributed by atoms with Crippen molar-refractivity contribution < 1.29 is 4.74 Å². The van der Waals surface area contributed by atoms with Crippen LogP contribution in [0, 0.1) is 11.8 Å². The van der Waals surface area contributed by atoms with Crippen molar-refractivity contribution in [3.63, 3.8) is 0 Å². The smallest absolute Gasteiger partial charge is 0.0622 e. The molecule has 4 aliphatic rings. The molecule has 2 aliphatic carbocycles. The van der Waals surface area contributed by atoms with Crippen LogP contribution in [0.25, 0.3) is 0 Å². The summed E-state index contributed by atoms with van der Waals surface area (Å²) in [6, 6.07) is 1.68. The molecule has 3 heteroatoms. The molecule has 102 valence electrons. The van der Waals surface area contributed by atoms with Crippen molar-refractivity contribution >= 4 is 0 Å². The summed E-state index contributed by atoms with van der Waals surface area (Å²) in [5.74, 6) is 2.14.